The van der Waals surface area contributed by atoms with Gasteiger partial charge in [0.2, 0.25) is 0 Å². The largest absolute Gasteiger partial charge is 0.451 e. The number of amides is 1. The molecule has 0 saturated heterocycles. The van der Waals surface area contributed by atoms with Crippen molar-refractivity contribution in [2.75, 3.05) is 7.11 Å². The third-order valence-electron chi connectivity index (χ3n) is 2.71. The van der Waals surface area contributed by atoms with E-state index in [2.05, 4.69) is 9.84 Å². The van der Waals surface area contributed by atoms with Gasteiger partial charge in [-0.25, -0.2) is 4.79 Å². The van der Waals surface area contributed by atoms with Crippen LogP contribution in [-0.4, -0.2) is 29.0 Å². The van der Waals surface area contributed by atoms with Crippen LogP contribution in [0.3, 0.4) is 0 Å². The number of hydrogen-bond acceptors (Lipinski definition) is 4. The van der Waals surface area contributed by atoms with Gasteiger partial charge in [-0.2, -0.15) is 10.1 Å². The van der Waals surface area contributed by atoms with Crippen LogP contribution in [0.5, 0.6) is 0 Å². The van der Waals surface area contributed by atoms with E-state index >= 15 is 0 Å². The Hall–Kier alpha value is -1.88. The van der Waals surface area contributed by atoms with Gasteiger partial charge >= 0.3 is 6.09 Å². The Morgan fingerprint density at radius 2 is 2.12 bits per heavy atom. The summed E-state index contributed by atoms with van der Waals surface area (Å²) in [6, 6.07) is 8.96. The molecule has 5 nitrogen and oxygen atoms in total. The minimum absolute atomic E-state index is 0.284. The fourth-order valence-corrected chi connectivity index (χ4v) is 1.93. The van der Waals surface area contributed by atoms with Crippen LogP contribution < -0.4 is 0 Å². The molecular formula is C12H14N2O3. The second kappa shape index (κ2) is 4.18. The van der Waals surface area contributed by atoms with Crippen molar-refractivity contribution in [2.24, 2.45) is 5.10 Å². The number of ether oxygens (including phenoxy) is 1. The zero-order chi connectivity index (χ0) is 12.5. The molecule has 1 aromatic rings. The lowest BCUT2D eigenvalue weighted by Gasteiger charge is -2.30. The van der Waals surface area contributed by atoms with Crippen molar-refractivity contribution in [3.8, 4) is 0 Å². The average molecular weight is 234 g/mol. The lowest BCUT2D eigenvalue weighted by atomic mass is 9.98. The van der Waals surface area contributed by atoms with Crippen LogP contribution in [0.4, 0.5) is 4.79 Å². The molecule has 2 rings (SSSR count). The van der Waals surface area contributed by atoms with Crippen LogP contribution in [-0.2, 0) is 10.5 Å². The fourth-order valence-electron chi connectivity index (χ4n) is 1.93. The highest BCUT2D eigenvalue weighted by Gasteiger charge is 2.45. The van der Waals surface area contributed by atoms with E-state index in [0.29, 0.717) is 11.3 Å². The van der Waals surface area contributed by atoms with E-state index in [9.17, 15) is 9.90 Å². The zero-order valence-electron chi connectivity index (χ0n) is 9.75. The van der Waals surface area contributed by atoms with Crippen molar-refractivity contribution in [3.05, 3.63) is 35.9 Å². The monoisotopic (exact) mass is 234 g/mol. The van der Waals surface area contributed by atoms with E-state index in [-0.39, 0.29) is 6.42 Å². The van der Waals surface area contributed by atoms with Gasteiger partial charge in [0.25, 0.3) is 0 Å². The first-order chi connectivity index (χ1) is 8.08. The first kappa shape index (κ1) is 11.6. The summed E-state index contributed by atoms with van der Waals surface area (Å²) in [6.07, 6.45) is -0.389. The quantitative estimate of drug-likeness (QED) is 0.804. The molecule has 0 aromatic heterocycles. The highest BCUT2D eigenvalue weighted by Crippen LogP contribution is 2.35. The van der Waals surface area contributed by atoms with Crippen molar-refractivity contribution in [1.82, 2.24) is 5.01 Å². The number of hydrazone groups is 1. The Morgan fingerprint density at radius 3 is 2.71 bits per heavy atom. The number of rotatable bonds is 1. The Labute approximate surface area is 99.3 Å². The van der Waals surface area contributed by atoms with Gasteiger partial charge in [0.15, 0.2) is 5.72 Å². The summed E-state index contributed by atoms with van der Waals surface area (Å²) >= 11 is 0. The summed E-state index contributed by atoms with van der Waals surface area (Å²) in [6.45, 7) is 1.76. The maximum Gasteiger partial charge on any atom is 0.433 e. The van der Waals surface area contributed by atoms with E-state index in [1.165, 1.54) is 7.11 Å². The number of carbonyl (C=O) groups is 1. The fraction of sp³-hybridized carbons (Fsp3) is 0.333. The van der Waals surface area contributed by atoms with Gasteiger partial charge in [-0.1, -0.05) is 30.3 Å². The highest BCUT2D eigenvalue weighted by atomic mass is 16.6. The molecule has 0 fully saturated rings. The Morgan fingerprint density at radius 1 is 1.47 bits per heavy atom. The Bertz CT molecular complexity index is 458. The standard InChI is InChI=1S/C12H14N2O3/c1-9-8-12(16,10-6-4-3-5-7-10)14(13-9)11(15)17-2/h3-7,16H,8H2,1-2H3. The van der Waals surface area contributed by atoms with Crippen LogP contribution >= 0.6 is 0 Å². The van der Waals surface area contributed by atoms with E-state index in [0.717, 1.165) is 5.01 Å². The molecule has 17 heavy (non-hydrogen) atoms. The van der Waals surface area contributed by atoms with Crippen LogP contribution in [0, 0.1) is 0 Å². The van der Waals surface area contributed by atoms with E-state index in [1.54, 1.807) is 31.2 Å². The maximum absolute atomic E-state index is 11.6. The predicted octanol–water partition coefficient (Wildman–Crippen LogP) is 1.68. The first-order valence-corrected chi connectivity index (χ1v) is 5.28. The van der Waals surface area contributed by atoms with E-state index in [1.807, 2.05) is 6.07 Å². The maximum atomic E-state index is 11.6. The summed E-state index contributed by atoms with van der Waals surface area (Å²) in [5, 5.41) is 15.6. The van der Waals surface area contributed by atoms with Gasteiger partial charge in [-0.05, 0) is 6.92 Å². The number of aliphatic hydroxyl groups is 1. The molecule has 1 unspecified atom stereocenters. The molecule has 1 amide bonds. The SMILES string of the molecule is COC(=O)N1N=C(C)CC1(O)c1ccccc1. The first-order valence-electron chi connectivity index (χ1n) is 5.28. The molecular weight excluding hydrogens is 220 g/mol. The Balaban J connectivity index is 2.40. The second-order valence-corrected chi connectivity index (χ2v) is 3.98. The van der Waals surface area contributed by atoms with Crippen LogP contribution in [0.25, 0.3) is 0 Å². The molecule has 0 saturated carbocycles. The summed E-state index contributed by atoms with van der Waals surface area (Å²) < 4.78 is 4.62. The predicted molar refractivity (Wildman–Crippen MR) is 62.3 cm³/mol. The number of methoxy groups -OCH3 is 1. The smallest absolute Gasteiger partial charge is 0.433 e. The van der Waals surface area contributed by atoms with E-state index < -0.39 is 11.8 Å². The number of carbonyl (C=O) groups excluding carboxylic acids is 1. The van der Waals surface area contributed by atoms with Crippen LogP contribution in [0.2, 0.25) is 0 Å². The van der Waals surface area contributed by atoms with Gasteiger partial charge in [0.05, 0.1) is 7.11 Å². The van der Waals surface area contributed by atoms with Crippen molar-refractivity contribution in [1.29, 1.82) is 0 Å². The number of benzene rings is 1. The lowest BCUT2D eigenvalue weighted by molar-refractivity contribution is -0.0834. The van der Waals surface area contributed by atoms with Crippen molar-refractivity contribution < 1.29 is 14.6 Å². The molecule has 5 heteroatoms. The third-order valence-corrected chi connectivity index (χ3v) is 2.71. The summed E-state index contributed by atoms with van der Waals surface area (Å²) in [5.74, 6) is 0. The average Bonchev–Trinajstić information content (AvgIpc) is 2.66. The van der Waals surface area contributed by atoms with Crippen molar-refractivity contribution >= 4 is 11.8 Å². The normalized spacial score (nSPS) is 23.5. The minimum Gasteiger partial charge on any atom is -0.451 e. The number of hydrogen-bond donors (Lipinski definition) is 1. The molecule has 90 valence electrons. The van der Waals surface area contributed by atoms with Crippen molar-refractivity contribution in [3.63, 3.8) is 0 Å². The summed E-state index contributed by atoms with van der Waals surface area (Å²) in [5.41, 5.74) is -0.147. The van der Waals surface area contributed by atoms with Crippen molar-refractivity contribution in [2.45, 2.75) is 19.1 Å². The van der Waals surface area contributed by atoms with Gasteiger partial charge < -0.3 is 9.84 Å². The van der Waals surface area contributed by atoms with Crippen LogP contribution in [0.1, 0.15) is 18.9 Å². The molecule has 1 heterocycles. The second-order valence-electron chi connectivity index (χ2n) is 3.98. The molecule has 1 N–H and O–H groups in total. The lowest BCUT2D eigenvalue weighted by Crippen LogP contribution is -2.43. The molecule has 1 aliphatic rings. The highest BCUT2D eigenvalue weighted by molar-refractivity contribution is 5.87. The summed E-state index contributed by atoms with van der Waals surface area (Å²) in [4.78, 5) is 11.6. The van der Waals surface area contributed by atoms with Gasteiger partial charge in [-0.15, -0.1) is 0 Å². The topological polar surface area (TPSA) is 62.1 Å². The number of nitrogens with zero attached hydrogens (tertiary/aromatic N) is 2. The van der Waals surface area contributed by atoms with E-state index in [4.69, 9.17) is 0 Å². The molecule has 0 bridgehead atoms. The van der Waals surface area contributed by atoms with Crippen LogP contribution in [0.15, 0.2) is 35.4 Å². The minimum atomic E-state index is -1.45. The molecule has 0 radical (unpaired) electrons. The zero-order valence-corrected chi connectivity index (χ0v) is 9.75. The van der Waals surface area contributed by atoms with Gasteiger partial charge in [0, 0.05) is 17.7 Å². The third kappa shape index (κ3) is 1.89. The Kier molecular flexibility index (Phi) is 2.85. The van der Waals surface area contributed by atoms with Gasteiger partial charge in [0.1, 0.15) is 0 Å². The molecule has 1 atom stereocenters. The molecule has 0 aliphatic carbocycles. The summed E-state index contributed by atoms with van der Waals surface area (Å²) in [7, 11) is 1.26. The molecule has 1 aromatic carbocycles. The molecule has 1 aliphatic heterocycles. The van der Waals surface area contributed by atoms with Gasteiger partial charge in [-0.3, -0.25) is 0 Å². The molecule has 0 spiro atoms.